The summed E-state index contributed by atoms with van der Waals surface area (Å²) in [4.78, 5) is 55.8. The zero-order chi connectivity index (χ0) is 57.9. The van der Waals surface area contributed by atoms with Gasteiger partial charge in [0.25, 0.3) is 0 Å². The van der Waals surface area contributed by atoms with Crippen molar-refractivity contribution >= 4 is 23.3 Å². The summed E-state index contributed by atoms with van der Waals surface area (Å²) >= 11 is 0. The molecule has 4 saturated heterocycles. The van der Waals surface area contributed by atoms with E-state index >= 15 is 4.79 Å². The normalized spacial score (nSPS) is 48.3. The third kappa shape index (κ3) is 10.1. The number of ether oxygens (including phenoxy) is 9. The molecule has 24 nitrogen and oxygen atoms in total. The molecule has 0 amide bonds. The van der Waals surface area contributed by atoms with Gasteiger partial charge >= 0.3 is 5.97 Å². The van der Waals surface area contributed by atoms with Gasteiger partial charge in [-0.05, 0) is 96.3 Å². The van der Waals surface area contributed by atoms with E-state index in [-0.39, 0.29) is 30.8 Å². The van der Waals surface area contributed by atoms with Crippen molar-refractivity contribution in [3.8, 4) is 0 Å². The Bertz CT molecular complexity index is 2390. The van der Waals surface area contributed by atoms with E-state index in [1.807, 2.05) is 13.0 Å². The zero-order valence-electron chi connectivity index (χ0n) is 45.8. The van der Waals surface area contributed by atoms with Crippen LogP contribution in [0.25, 0.3) is 0 Å². The minimum absolute atomic E-state index is 0.0930. The largest absolute Gasteiger partial charge is 0.459 e. The van der Waals surface area contributed by atoms with Crippen molar-refractivity contribution in [2.75, 3.05) is 13.2 Å². The molecule has 26 unspecified atom stereocenters. The fourth-order valence-corrected chi connectivity index (χ4v) is 14.1. The summed E-state index contributed by atoms with van der Waals surface area (Å²) in [6, 6.07) is 0. The molecular weight excluding hydrogens is 1030 g/mol. The van der Waals surface area contributed by atoms with Crippen molar-refractivity contribution in [3.05, 3.63) is 35.6 Å². The average Bonchev–Trinajstić information content (AvgIpc) is 3.28. The number of hydrogen-bond acceptors (Lipinski definition) is 24. The monoisotopic (exact) mass is 1110 g/mol. The molecule has 0 aromatic heterocycles. The van der Waals surface area contributed by atoms with Crippen molar-refractivity contribution in [2.24, 2.45) is 39.4 Å². The van der Waals surface area contributed by atoms with Gasteiger partial charge in [0.15, 0.2) is 36.5 Å². The van der Waals surface area contributed by atoms with Gasteiger partial charge in [-0.1, -0.05) is 32.4 Å². The Labute approximate surface area is 451 Å². The molecular formula is C54H80O24. The Kier molecular flexibility index (Phi) is 16.8. The van der Waals surface area contributed by atoms with Crippen LogP contribution in [-0.2, 0) is 61.8 Å². The molecule has 4 heterocycles. The van der Waals surface area contributed by atoms with Crippen LogP contribution in [0.3, 0.4) is 0 Å². The van der Waals surface area contributed by atoms with Gasteiger partial charge in [-0.2, -0.15) is 0 Å². The van der Waals surface area contributed by atoms with E-state index in [2.05, 4.69) is 0 Å². The summed E-state index contributed by atoms with van der Waals surface area (Å²) in [7, 11) is 0. The number of carbonyl (C=O) groups is 4. The first kappa shape index (κ1) is 60.9. The highest BCUT2D eigenvalue weighted by Gasteiger charge is 2.74. The summed E-state index contributed by atoms with van der Waals surface area (Å²) < 4.78 is 53.2. The smallest absolute Gasteiger partial charge is 0.303 e. The molecule has 8 rings (SSSR count). The summed E-state index contributed by atoms with van der Waals surface area (Å²) in [6.07, 6.45) is -24.3. The molecule has 4 aliphatic heterocycles. The maximum absolute atomic E-state index is 15.3. The van der Waals surface area contributed by atoms with Gasteiger partial charge in [0.2, 0.25) is 12.1 Å². The minimum atomic E-state index is -2.19. The fraction of sp³-hybridized carbons (Fsp3) is 0.815. The number of esters is 1. The number of fused-ring (bicyclic) bond motifs is 5. The minimum Gasteiger partial charge on any atom is -0.459 e. The molecule has 2 saturated carbocycles. The van der Waals surface area contributed by atoms with Crippen LogP contribution in [0.1, 0.15) is 95.4 Å². The predicted molar refractivity (Wildman–Crippen MR) is 263 cm³/mol. The first-order chi connectivity index (χ1) is 36.1. The van der Waals surface area contributed by atoms with Crippen LogP contribution < -0.4 is 0 Å². The van der Waals surface area contributed by atoms with Crippen molar-refractivity contribution < 1.29 is 118 Å². The van der Waals surface area contributed by atoms with Gasteiger partial charge < -0.3 is 98.8 Å². The van der Waals surface area contributed by atoms with Crippen LogP contribution >= 0.6 is 0 Å². The fourth-order valence-electron chi connectivity index (χ4n) is 14.1. The summed E-state index contributed by atoms with van der Waals surface area (Å²) in [6.45, 7) is 16.0. The second kappa shape index (κ2) is 21.5. The summed E-state index contributed by atoms with van der Waals surface area (Å²) in [5.74, 6) is -4.97. The van der Waals surface area contributed by atoms with E-state index in [0.717, 1.165) is 6.08 Å². The van der Waals surface area contributed by atoms with E-state index in [4.69, 9.17) is 42.6 Å². The number of rotatable bonds is 14. The number of aliphatic hydroxyl groups excluding tert-OH is 10. The van der Waals surface area contributed by atoms with E-state index in [0.29, 0.717) is 5.57 Å². The van der Waals surface area contributed by atoms with E-state index in [1.54, 1.807) is 41.5 Å². The van der Waals surface area contributed by atoms with Crippen LogP contribution in [0.4, 0.5) is 0 Å². The van der Waals surface area contributed by atoms with Crippen LogP contribution in [0.15, 0.2) is 35.6 Å². The standard InChI is InChI=1S/C54H80O24/c1-21-33(60)37(64)39(66)45(71-21)76-41-36(63)29(75-48-42(35(62)28(19-55)74-48)77-46-40(67)38(65)34(61)22(2)72-46)20-70-47(41)73-27-16-25-24(50(6,7)44(27)68)12-13-30-51(8)17-26(57)43(52(51,9)18-32(59)53(25,30)10)54(11,69)31(58)14-15-49(4,5)78-23(3)56/h12,14-16,21-22,25-26,28-30,33-43,45-48,55,57,60-67,69H,13,17-20H2,1-11H3. The van der Waals surface area contributed by atoms with Crippen molar-refractivity contribution in [2.45, 2.75) is 223 Å². The molecule has 0 spiro atoms. The lowest BCUT2D eigenvalue weighted by atomic mass is 9.39. The molecule has 11 N–H and O–H groups in total. The topological polar surface area (TPSA) is 374 Å². The maximum Gasteiger partial charge on any atom is 0.303 e. The second-order valence-corrected chi connectivity index (χ2v) is 24.7. The molecule has 8 aliphatic rings. The second-order valence-electron chi connectivity index (χ2n) is 24.7. The lowest BCUT2D eigenvalue weighted by molar-refractivity contribution is -0.362. The predicted octanol–water partition coefficient (Wildman–Crippen LogP) is -1.75. The van der Waals surface area contributed by atoms with Crippen molar-refractivity contribution in [3.63, 3.8) is 0 Å². The first-order valence-corrected chi connectivity index (χ1v) is 26.7. The summed E-state index contributed by atoms with van der Waals surface area (Å²) in [5, 5.41) is 122. The Balaban J connectivity index is 1.09. The van der Waals surface area contributed by atoms with Crippen molar-refractivity contribution in [1.29, 1.82) is 0 Å². The molecule has 0 bridgehead atoms. The molecule has 6 fully saturated rings. The highest BCUT2D eigenvalue weighted by molar-refractivity contribution is 6.02. The Hall–Kier alpha value is -3.22. The number of carbonyl (C=O) groups excluding carboxylic acids is 4. The SMILES string of the molecule is CC(=O)OC(C)(C)C=CC(=O)C(C)(O)C1C(O)CC2(C)C3CC=C4C(C=C(OC5OCC(OC6OC(CO)C(O)C6OC6OC(C)C(O)C(O)C6O)C(O)C5OC5OC(C)C(O)C(O)C5O)C(=O)C4(C)C)C3(C)C(=O)CC12C. The number of allylic oxidation sites excluding steroid dienone is 4. The van der Waals surface area contributed by atoms with Gasteiger partial charge in [0.05, 0.1) is 36.9 Å². The van der Waals surface area contributed by atoms with Crippen LogP contribution in [0, 0.1) is 39.4 Å². The molecule has 0 aromatic carbocycles. The Morgan fingerprint density at radius 1 is 0.744 bits per heavy atom. The van der Waals surface area contributed by atoms with Gasteiger partial charge in [-0.15, -0.1) is 0 Å². The third-order valence-electron chi connectivity index (χ3n) is 18.8. The molecule has 440 valence electrons. The number of hydrogen-bond donors (Lipinski definition) is 11. The highest BCUT2D eigenvalue weighted by atomic mass is 16.8. The molecule has 26 atom stereocenters. The lowest BCUT2D eigenvalue weighted by Crippen LogP contribution is -2.64. The number of Topliss-reactive ketones (excluding diaryl/α,β-unsaturated/α-hetero) is 2. The van der Waals surface area contributed by atoms with Crippen molar-refractivity contribution in [1.82, 2.24) is 0 Å². The molecule has 24 heteroatoms. The molecule has 0 radical (unpaired) electrons. The van der Waals surface area contributed by atoms with E-state index < -0.39 is 198 Å². The molecule has 78 heavy (non-hydrogen) atoms. The van der Waals surface area contributed by atoms with E-state index in [9.17, 15) is 70.6 Å². The zero-order valence-corrected chi connectivity index (χ0v) is 45.8. The lowest BCUT2D eigenvalue weighted by Gasteiger charge is -2.63. The van der Waals surface area contributed by atoms with Crippen LogP contribution in [-0.4, -0.2) is 221 Å². The van der Waals surface area contributed by atoms with Gasteiger partial charge in [0, 0.05) is 30.6 Å². The van der Waals surface area contributed by atoms with Gasteiger partial charge in [0.1, 0.15) is 84.1 Å². The number of aliphatic hydroxyl groups is 11. The van der Waals surface area contributed by atoms with E-state index in [1.165, 1.54) is 39.8 Å². The van der Waals surface area contributed by atoms with Gasteiger partial charge in [-0.25, -0.2) is 0 Å². The molecule has 4 aliphatic carbocycles. The highest BCUT2D eigenvalue weighted by Crippen LogP contribution is 2.74. The first-order valence-electron chi connectivity index (χ1n) is 26.7. The van der Waals surface area contributed by atoms with Crippen LogP contribution in [0.2, 0.25) is 0 Å². The summed E-state index contributed by atoms with van der Waals surface area (Å²) in [5.41, 5.74) is -7.47. The maximum atomic E-state index is 15.3. The Morgan fingerprint density at radius 3 is 1.86 bits per heavy atom. The Morgan fingerprint density at radius 2 is 1.31 bits per heavy atom. The number of ketones is 3. The molecule has 0 aromatic rings. The third-order valence-corrected chi connectivity index (χ3v) is 18.8. The average molecular weight is 1110 g/mol. The van der Waals surface area contributed by atoms with Gasteiger partial charge in [-0.3, -0.25) is 19.2 Å². The van der Waals surface area contributed by atoms with Crippen LogP contribution in [0.5, 0.6) is 0 Å². The quantitative estimate of drug-likeness (QED) is 0.0522.